The predicted octanol–water partition coefficient (Wildman–Crippen LogP) is 4.75. The molecule has 0 fully saturated rings. The van der Waals surface area contributed by atoms with Gasteiger partial charge in [-0.15, -0.1) is 0 Å². The zero-order valence-corrected chi connectivity index (χ0v) is 13.7. The van der Waals surface area contributed by atoms with Crippen molar-refractivity contribution in [1.29, 1.82) is 0 Å². The van der Waals surface area contributed by atoms with E-state index in [1.54, 1.807) is 12.1 Å². The van der Waals surface area contributed by atoms with Crippen molar-refractivity contribution in [2.45, 2.75) is 39.5 Å². The summed E-state index contributed by atoms with van der Waals surface area (Å²) in [4.78, 5) is 3.74. The van der Waals surface area contributed by atoms with Gasteiger partial charge >= 0.3 is 0 Å². The number of rotatable bonds is 6. The molecule has 0 unspecified atom stereocenters. The average molecular weight is 311 g/mol. The van der Waals surface area contributed by atoms with E-state index in [1.165, 1.54) is 24.8 Å². The monoisotopic (exact) mass is 311 g/mol. The van der Waals surface area contributed by atoms with Gasteiger partial charge in [-0.2, -0.15) is 9.37 Å². The molecule has 0 aliphatic carbocycles. The van der Waals surface area contributed by atoms with Gasteiger partial charge in [0.2, 0.25) is 11.8 Å². The summed E-state index contributed by atoms with van der Waals surface area (Å²) in [7, 11) is 0. The third-order valence-corrected chi connectivity index (χ3v) is 3.48. The molecule has 0 aliphatic rings. The lowest BCUT2D eigenvalue weighted by molar-refractivity contribution is 0.321. The highest BCUT2D eigenvalue weighted by molar-refractivity contribution is 5.43. The SMILES string of the molecule is CCCCCc1ccc(C#Cc2ccc(OCC)nc2F)cc1. The summed E-state index contributed by atoms with van der Waals surface area (Å²) in [5, 5.41) is 0. The van der Waals surface area contributed by atoms with Crippen LogP contribution >= 0.6 is 0 Å². The Bertz CT molecular complexity index is 683. The maximum Gasteiger partial charge on any atom is 0.231 e. The van der Waals surface area contributed by atoms with Crippen LogP contribution in [-0.2, 0) is 6.42 Å². The van der Waals surface area contributed by atoms with E-state index in [-0.39, 0.29) is 11.4 Å². The van der Waals surface area contributed by atoms with Crippen LogP contribution in [0.2, 0.25) is 0 Å². The summed E-state index contributed by atoms with van der Waals surface area (Å²) >= 11 is 0. The Labute approximate surface area is 137 Å². The quantitative estimate of drug-likeness (QED) is 0.436. The van der Waals surface area contributed by atoms with Crippen molar-refractivity contribution >= 4 is 0 Å². The number of pyridine rings is 1. The molecule has 0 atom stereocenters. The summed E-state index contributed by atoms with van der Waals surface area (Å²) in [6.07, 6.45) is 4.79. The number of hydrogen-bond donors (Lipinski definition) is 0. The lowest BCUT2D eigenvalue weighted by atomic mass is 10.1. The van der Waals surface area contributed by atoms with Gasteiger partial charge in [0.25, 0.3) is 0 Å². The molecule has 0 bridgehead atoms. The van der Waals surface area contributed by atoms with Crippen LogP contribution in [0.25, 0.3) is 0 Å². The van der Waals surface area contributed by atoms with Crippen LogP contribution in [0, 0.1) is 17.8 Å². The van der Waals surface area contributed by atoms with Crippen molar-refractivity contribution in [2.75, 3.05) is 6.61 Å². The predicted molar refractivity (Wildman–Crippen MR) is 91.0 cm³/mol. The highest BCUT2D eigenvalue weighted by Gasteiger charge is 2.03. The molecule has 0 aliphatic heterocycles. The number of ether oxygens (including phenoxy) is 1. The second-order valence-electron chi connectivity index (χ2n) is 5.32. The molecule has 23 heavy (non-hydrogen) atoms. The Morgan fingerprint density at radius 2 is 1.78 bits per heavy atom. The number of aryl methyl sites for hydroxylation is 1. The number of hydrogen-bond acceptors (Lipinski definition) is 2. The molecule has 2 nitrogen and oxygen atoms in total. The fourth-order valence-corrected chi connectivity index (χ4v) is 2.21. The lowest BCUT2D eigenvalue weighted by Gasteiger charge is -2.02. The van der Waals surface area contributed by atoms with E-state index >= 15 is 0 Å². The highest BCUT2D eigenvalue weighted by atomic mass is 19.1. The molecule has 0 saturated carbocycles. The molecule has 1 aromatic carbocycles. The standard InChI is InChI=1S/C20H22FNO/c1-3-5-6-7-16-8-10-17(11-9-16)12-13-18-14-15-19(23-4-2)22-20(18)21/h8-11,14-15H,3-7H2,1-2H3. The molecule has 0 spiro atoms. The summed E-state index contributed by atoms with van der Waals surface area (Å²) in [5.41, 5.74) is 2.47. The Morgan fingerprint density at radius 1 is 1.00 bits per heavy atom. The molecule has 1 heterocycles. The van der Waals surface area contributed by atoms with Crippen molar-refractivity contribution in [2.24, 2.45) is 0 Å². The normalized spacial score (nSPS) is 10.0. The fraction of sp³-hybridized carbons (Fsp3) is 0.350. The van der Waals surface area contributed by atoms with Gasteiger partial charge in [-0.25, -0.2) is 0 Å². The van der Waals surface area contributed by atoms with Crippen molar-refractivity contribution in [3.05, 3.63) is 59.0 Å². The minimum Gasteiger partial charge on any atom is -0.478 e. The molecular weight excluding hydrogens is 289 g/mol. The van der Waals surface area contributed by atoms with Crippen molar-refractivity contribution in [3.8, 4) is 17.7 Å². The average Bonchev–Trinajstić information content (AvgIpc) is 2.56. The van der Waals surface area contributed by atoms with Crippen LogP contribution in [0.15, 0.2) is 36.4 Å². The fourth-order valence-electron chi connectivity index (χ4n) is 2.21. The van der Waals surface area contributed by atoms with Gasteiger partial charge in [-0.05, 0) is 43.5 Å². The zero-order chi connectivity index (χ0) is 16.5. The Balaban J connectivity index is 2.03. The third-order valence-electron chi connectivity index (χ3n) is 3.48. The number of nitrogens with zero attached hydrogens (tertiary/aromatic N) is 1. The first-order valence-corrected chi connectivity index (χ1v) is 8.13. The van der Waals surface area contributed by atoms with E-state index in [9.17, 15) is 4.39 Å². The van der Waals surface area contributed by atoms with Gasteiger partial charge in [0.15, 0.2) is 0 Å². The number of unbranched alkanes of at least 4 members (excludes halogenated alkanes) is 2. The van der Waals surface area contributed by atoms with Gasteiger partial charge in [-0.1, -0.05) is 43.7 Å². The Morgan fingerprint density at radius 3 is 2.43 bits per heavy atom. The second kappa shape index (κ2) is 8.95. The van der Waals surface area contributed by atoms with Crippen LogP contribution in [0.3, 0.4) is 0 Å². The van der Waals surface area contributed by atoms with Crippen molar-refractivity contribution in [1.82, 2.24) is 4.98 Å². The molecule has 2 rings (SSSR count). The largest absolute Gasteiger partial charge is 0.478 e. The van der Waals surface area contributed by atoms with Gasteiger partial charge < -0.3 is 4.74 Å². The summed E-state index contributed by atoms with van der Waals surface area (Å²) in [6, 6.07) is 11.4. The van der Waals surface area contributed by atoms with E-state index in [1.807, 2.05) is 19.1 Å². The zero-order valence-electron chi connectivity index (χ0n) is 13.7. The minimum absolute atomic E-state index is 0.278. The molecule has 0 N–H and O–H groups in total. The highest BCUT2D eigenvalue weighted by Crippen LogP contribution is 2.12. The first-order chi connectivity index (χ1) is 11.2. The van der Waals surface area contributed by atoms with E-state index < -0.39 is 5.95 Å². The maximum atomic E-state index is 13.8. The first-order valence-electron chi connectivity index (χ1n) is 8.13. The molecule has 2 aromatic rings. The molecule has 0 radical (unpaired) electrons. The third kappa shape index (κ3) is 5.41. The minimum atomic E-state index is -0.598. The van der Waals surface area contributed by atoms with Crippen LogP contribution in [0.5, 0.6) is 5.88 Å². The molecular formula is C20H22FNO. The van der Waals surface area contributed by atoms with Crippen molar-refractivity contribution < 1.29 is 9.13 Å². The van der Waals surface area contributed by atoms with E-state index in [0.29, 0.717) is 6.61 Å². The number of aromatic nitrogens is 1. The van der Waals surface area contributed by atoms with E-state index in [2.05, 4.69) is 35.9 Å². The van der Waals surface area contributed by atoms with Crippen LogP contribution in [0.4, 0.5) is 4.39 Å². The summed E-state index contributed by atoms with van der Waals surface area (Å²) < 4.78 is 19.0. The van der Waals surface area contributed by atoms with Gasteiger partial charge in [0.1, 0.15) is 0 Å². The van der Waals surface area contributed by atoms with E-state index in [0.717, 1.165) is 12.0 Å². The first kappa shape index (κ1) is 17.0. The van der Waals surface area contributed by atoms with Crippen LogP contribution < -0.4 is 4.74 Å². The summed E-state index contributed by atoms with van der Waals surface area (Å²) in [6.45, 7) is 4.49. The molecule has 120 valence electrons. The Kier molecular flexibility index (Phi) is 6.62. The topological polar surface area (TPSA) is 22.1 Å². The van der Waals surface area contributed by atoms with Crippen LogP contribution in [0.1, 0.15) is 49.8 Å². The second-order valence-corrected chi connectivity index (χ2v) is 5.32. The van der Waals surface area contributed by atoms with Crippen molar-refractivity contribution in [3.63, 3.8) is 0 Å². The lowest BCUT2D eigenvalue weighted by Crippen LogP contribution is -1.97. The maximum absolute atomic E-state index is 13.8. The number of halogens is 1. The van der Waals surface area contributed by atoms with Gasteiger partial charge in [-0.3, -0.25) is 0 Å². The van der Waals surface area contributed by atoms with E-state index in [4.69, 9.17) is 4.74 Å². The van der Waals surface area contributed by atoms with Crippen LogP contribution in [-0.4, -0.2) is 11.6 Å². The Hall–Kier alpha value is -2.34. The molecule has 0 amide bonds. The molecule has 0 saturated heterocycles. The molecule has 1 aromatic heterocycles. The van der Waals surface area contributed by atoms with Gasteiger partial charge in [0, 0.05) is 11.6 Å². The smallest absolute Gasteiger partial charge is 0.231 e. The summed E-state index contributed by atoms with van der Waals surface area (Å²) in [5.74, 6) is 5.49. The number of benzene rings is 1. The molecule has 3 heteroatoms. The van der Waals surface area contributed by atoms with Gasteiger partial charge in [0.05, 0.1) is 12.2 Å².